The molecule has 0 aliphatic carbocycles. The number of hydrogen-bond donors (Lipinski definition) is 2. The average molecular weight is 422 g/mol. The Kier molecular flexibility index (Phi) is 5.37. The van der Waals surface area contributed by atoms with E-state index in [2.05, 4.69) is 20.1 Å². The van der Waals surface area contributed by atoms with Crippen molar-refractivity contribution in [1.82, 2.24) is 14.8 Å². The van der Waals surface area contributed by atoms with Gasteiger partial charge in [0.05, 0.1) is 21.8 Å². The maximum atomic E-state index is 12.3. The molecular formula is C15H14N6O5S2. The number of hydrogen-bond acceptors (Lipinski definition) is 8. The predicted octanol–water partition coefficient (Wildman–Crippen LogP) is 2.00. The summed E-state index contributed by atoms with van der Waals surface area (Å²) in [5.74, 6) is -0.801. The SMILES string of the molecule is Cc1cc([N+](=O)[O-])nn1CC(=O)Nc1ccc(S(=O)(=O)Nc2nccs2)cc1. The van der Waals surface area contributed by atoms with Gasteiger partial charge in [0.2, 0.25) is 5.91 Å². The fourth-order valence-electron chi connectivity index (χ4n) is 2.24. The summed E-state index contributed by atoms with van der Waals surface area (Å²) in [5.41, 5.74) is 0.842. The Hall–Kier alpha value is -3.32. The molecule has 0 unspecified atom stereocenters. The second-order valence-corrected chi connectivity index (χ2v) is 8.15. The highest BCUT2D eigenvalue weighted by atomic mass is 32.2. The van der Waals surface area contributed by atoms with E-state index in [4.69, 9.17) is 0 Å². The van der Waals surface area contributed by atoms with Crippen LogP contribution in [0.2, 0.25) is 0 Å². The number of nitrogens with zero attached hydrogens (tertiary/aromatic N) is 4. The summed E-state index contributed by atoms with van der Waals surface area (Å²) in [6.07, 6.45) is 1.48. The van der Waals surface area contributed by atoms with Gasteiger partial charge in [0, 0.05) is 17.3 Å². The third kappa shape index (κ3) is 4.50. The van der Waals surface area contributed by atoms with Crippen molar-refractivity contribution in [1.29, 1.82) is 0 Å². The maximum absolute atomic E-state index is 12.3. The smallest absolute Gasteiger partial charge is 0.358 e. The first-order valence-electron chi connectivity index (χ1n) is 7.76. The number of aryl methyl sites for hydroxylation is 1. The first-order valence-corrected chi connectivity index (χ1v) is 10.1. The Morgan fingerprint density at radius 3 is 2.61 bits per heavy atom. The molecule has 0 saturated heterocycles. The number of thiazole rings is 1. The van der Waals surface area contributed by atoms with Gasteiger partial charge in [-0.2, -0.15) is 4.68 Å². The van der Waals surface area contributed by atoms with Crippen molar-refractivity contribution in [3.05, 3.63) is 57.7 Å². The fraction of sp³-hybridized carbons (Fsp3) is 0.133. The van der Waals surface area contributed by atoms with Crippen molar-refractivity contribution >= 4 is 43.9 Å². The van der Waals surface area contributed by atoms with Gasteiger partial charge in [-0.15, -0.1) is 11.3 Å². The van der Waals surface area contributed by atoms with Crippen molar-refractivity contribution in [2.45, 2.75) is 18.4 Å². The summed E-state index contributed by atoms with van der Waals surface area (Å²) in [5, 5.41) is 18.9. The molecule has 1 aromatic carbocycles. The molecule has 2 heterocycles. The number of amides is 1. The van der Waals surface area contributed by atoms with E-state index in [1.807, 2.05) is 0 Å². The van der Waals surface area contributed by atoms with Gasteiger partial charge in [0.25, 0.3) is 10.0 Å². The monoisotopic (exact) mass is 422 g/mol. The minimum atomic E-state index is -3.78. The van der Waals surface area contributed by atoms with Gasteiger partial charge in [-0.3, -0.25) is 9.52 Å². The molecule has 28 heavy (non-hydrogen) atoms. The molecule has 0 radical (unpaired) electrons. The number of carbonyl (C=O) groups is 1. The number of anilines is 2. The van der Waals surface area contributed by atoms with E-state index in [1.165, 1.54) is 41.2 Å². The molecule has 0 saturated carbocycles. The zero-order valence-corrected chi connectivity index (χ0v) is 16.0. The van der Waals surface area contributed by atoms with Crippen LogP contribution >= 0.6 is 11.3 Å². The zero-order valence-electron chi connectivity index (χ0n) is 14.4. The van der Waals surface area contributed by atoms with Crippen molar-refractivity contribution < 1.29 is 18.1 Å². The summed E-state index contributed by atoms with van der Waals surface area (Å²) in [7, 11) is -3.78. The molecule has 2 aromatic heterocycles. The van der Waals surface area contributed by atoms with E-state index in [9.17, 15) is 23.3 Å². The summed E-state index contributed by atoms with van der Waals surface area (Å²) in [6.45, 7) is 1.38. The van der Waals surface area contributed by atoms with Crippen LogP contribution in [-0.2, 0) is 21.4 Å². The Morgan fingerprint density at radius 1 is 1.32 bits per heavy atom. The normalized spacial score (nSPS) is 11.2. The van der Waals surface area contributed by atoms with Crippen molar-refractivity contribution in [2.24, 2.45) is 0 Å². The van der Waals surface area contributed by atoms with E-state index >= 15 is 0 Å². The molecular weight excluding hydrogens is 408 g/mol. The van der Waals surface area contributed by atoms with E-state index in [0.29, 0.717) is 11.4 Å². The summed E-state index contributed by atoms with van der Waals surface area (Å²) >= 11 is 1.15. The van der Waals surface area contributed by atoms with Crippen LogP contribution in [0, 0.1) is 17.0 Å². The van der Waals surface area contributed by atoms with Crippen LogP contribution in [0.5, 0.6) is 0 Å². The first kappa shape index (κ1) is 19.4. The molecule has 0 aliphatic heterocycles. The van der Waals surface area contributed by atoms with Gasteiger partial charge in [-0.05, 0) is 36.1 Å². The van der Waals surface area contributed by atoms with Crippen LogP contribution in [0.4, 0.5) is 16.6 Å². The summed E-state index contributed by atoms with van der Waals surface area (Å²) in [6, 6.07) is 6.83. The lowest BCUT2D eigenvalue weighted by molar-refractivity contribution is -0.389. The Bertz CT molecular complexity index is 1110. The lowest BCUT2D eigenvalue weighted by Crippen LogP contribution is -2.20. The molecule has 11 nitrogen and oxygen atoms in total. The second kappa shape index (κ2) is 7.74. The van der Waals surface area contributed by atoms with E-state index in [1.54, 1.807) is 12.3 Å². The van der Waals surface area contributed by atoms with E-state index in [-0.39, 0.29) is 22.4 Å². The number of benzene rings is 1. The van der Waals surface area contributed by atoms with Crippen LogP contribution in [0.1, 0.15) is 5.69 Å². The quantitative estimate of drug-likeness (QED) is 0.437. The molecule has 13 heteroatoms. The average Bonchev–Trinajstić information content (AvgIpc) is 3.25. The van der Waals surface area contributed by atoms with Gasteiger partial charge < -0.3 is 15.4 Å². The summed E-state index contributed by atoms with van der Waals surface area (Å²) in [4.78, 5) is 26.1. The van der Waals surface area contributed by atoms with Crippen LogP contribution in [0.15, 0.2) is 46.8 Å². The van der Waals surface area contributed by atoms with Gasteiger partial charge in [0.15, 0.2) is 5.13 Å². The number of nitrogens with one attached hydrogen (secondary N) is 2. The minimum Gasteiger partial charge on any atom is -0.358 e. The standard InChI is InChI=1S/C15H14N6O5S2/c1-10-8-13(21(23)24)18-20(10)9-14(22)17-11-2-4-12(5-3-11)28(25,26)19-15-16-6-7-27-15/h2-8H,9H2,1H3,(H,16,19)(H,17,22). The highest BCUT2D eigenvalue weighted by Gasteiger charge is 2.18. The molecule has 2 N–H and O–H groups in total. The third-order valence-electron chi connectivity index (χ3n) is 3.55. The van der Waals surface area contributed by atoms with Crippen LogP contribution in [0.3, 0.4) is 0 Å². The van der Waals surface area contributed by atoms with Crippen molar-refractivity contribution in [3.63, 3.8) is 0 Å². The van der Waals surface area contributed by atoms with Gasteiger partial charge >= 0.3 is 5.82 Å². The lowest BCUT2D eigenvalue weighted by Gasteiger charge is -2.08. The molecule has 0 fully saturated rings. The Morgan fingerprint density at radius 2 is 2.04 bits per heavy atom. The topological polar surface area (TPSA) is 149 Å². The van der Waals surface area contributed by atoms with Crippen molar-refractivity contribution in [3.8, 4) is 0 Å². The summed E-state index contributed by atoms with van der Waals surface area (Å²) < 4.78 is 28.1. The third-order valence-corrected chi connectivity index (χ3v) is 5.72. The Balaban J connectivity index is 1.65. The molecule has 0 atom stereocenters. The zero-order chi connectivity index (χ0) is 20.3. The second-order valence-electron chi connectivity index (χ2n) is 5.57. The molecule has 0 spiro atoms. The first-order chi connectivity index (χ1) is 13.2. The minimum absolute atomic E-state index is 0.0132. The molecule has 0 bridgehead atoms. The van der Waals surface area contributed by atoms with Gasteiger partial charge in [-0.25, -0.2) is 13.4 Å². The van der Waals surface area contributed by atoms with Crippen molar-refractivity contribution in [2.75, 3.05) is 10.0 Å². The molecule has 146 valence electrons. The van der Waals surface area contributed by atoms with Gasteiger partial charge in [0.1, 0.15) is 6.54 Å². The van der Waals surface area contributed by atoms with Crippen LogP contribution < -0.4 is 10.0 Å². The largest absolute Gasteiger partial charge is 0.390 e. The fourth-order valence-corrected chi connectivity index (χ4v) is 4.03. The van der Waals surface area contributed by atoms with Crippen LogP contribution in [-0.4, -0.2) is 34.0 Å². The maximum Gasteiger partial charge on any atom is 0.390 e. The molecule has 0 aliphatic rings. The highest BCUT2D eigenvalue weighted by molar-refractivity contribution is 7.93. The lowest BCUT2D eigenvalue weighted by atomic mass is 10.3. The molecule has 1 amide bonds. The van der Waals surface area contributed by atoms with Crippen LogP contribution in [0.25, 0.3) is 0 Å². The number of rotatable bonds is 7. The number of sulfonamides is 1. The number of aromatic nitrogens is 3. The predicted molar refractivity (Wildman–Crippen MR) is 102 cm³/mol. The Labute approximate surface area is 163 Å². The van der Waals surface area contributed by atoms with E-state index < -0.39 is 20.9 Å². The molecule has 3 rings (SSSR count). The molecule has 3 aromatic rings. The highest BCUT2D eigenvalue weighted by Crippen LogP contribution is 2.19. The number of nitro groups is 1. The number of carbonyl (C=O) groups excluding carboxylic acids is 1. The van der Waals surface area contributed by atoms with Gasteiger partial charge in [-0.1, -0.05) is 0 Å². The van der Waals surface area contributed by atoms with E-state index in [0.717, 1.165) is 11.3 Å².